The second-order valence-electron chi connectivity index (χ2n) is 3.75. The van der Waals surface area contributed by atoms with Crippen LogP contribution in [0.15, 0.2) is 45.9 Å². The van der Waals surface area contributed by atoms with Crippen molar-refractivity contribution in [2.24, 2.45) is 0 Å². The number of hydrogen-bond acceptors (Lipinski definition) is 5. The Hall–Kier alpha value is -2.28. The van der Waals surface area contributed by atoms with E-state index in [9.17, 15) is 14.9 Å². The first-order valence-electron chi connectivity index (χ1n) is 5.12. The Morgan fingerprint density at radius 3 is 2.68 bits per heavy atom. The van der Waals surface area contributed by atoms with Crippen LogP contribution in [-0.2, 0) is 0 Å². The van der Waals surface area contributed by atoms with Crippen molar-refractivity contribution in [1.29, 1.82) is 0 Å². The van der Waals surface area contributed by atoms with Crippen molar-refractivity contribution in [3.8, 4) is 0 Å². The maximum Gasteiger partial charge on any atom is 0.345 e. The van der Waals surface area contributed by atoms with Gasteiger partial charge in [-0.2, -0.15) is 0 Å². The van der Waals surface area contributed by atoms with Crippen LogP contribution in [0.5, 0.6) is 0 Å². The fraction of sp³-hybridized carbons (Fsp3) is 0. The van der Waals surface area contributed by atoms with Gasteiger partial charge in [0, 0.05) is 29.2 Å². The van der Waals surface area contributed by atoms with Crippen molar-refractivity contribution in [3.05, 3.63) is 57.2 Å². The lowest BCUT2D eigenvalue weighted by atomic mass is 10.1. The summed E-state index contributed by atoms with van der Waals surface area (Å²) >= 11 is 0. The Balaban J connectivity index is 0.00000133. The number of nitro benzene ring substituents is 1. The Bertz CT molecular complexity index is 844. The largest absolute Gasteiger partial charge is 0.422 e. The van der Waals surface area contributed by atoms with E-state index in [2.05, 4.69) is 4.98 Å². The van der Waals surface area contributed by atoms with E-state index in [1.54, 1.807) is 18.3 Å². The second kappa shape index (κ2) is 4.77. The molecule has 0 bridgehead atoms. The first kappa shape index (κ1) is 13.2. The van der Waals surface area contributed by atoms with Gasteiger partial charge in [-0.15, -0.1) is 17.0 Å². The van der Waals surface area contributed by atoms with Gasteiger partial charge in [-0.05, 0) is 12.1 Å². The van der Waals surface area contributed by atoms with Crippen LogP contribution in [0.4, 0.5) is 5.69 Å². The number of nitrogens with zero attached hydrogens (tertiary/aromatic N) is 2. The number of non-ortho nitro benzene ring substituents is 1. The molecule has 7 heteroatoms. The summed E-state index contributed by atoms with van der Waals surface area (Å²) in [6, 6.07) is 5.87. The average Bonchev–Trinajstić information content (AvgIpc) is 2.38. The Morgan fingerprint density at radius 2 is 1.95 bits per heavy atom. The van der Waals surface area contributed by atoms with Crippen LogP contribution in [0, 0.1) is 10.1 Å². The zero-order chi connectivity index (χ0) is 12.7. The molecule has 0 fully saturated rings. The molecular weight excluding hydrogens is 316 g/mol. The van der Waals surface area contributed by atoms with Crippen molar-refractivity contribution in [2.45, 2.75) is 0 Å². The summed E-state index contributed by atoms with van der Waals surface area (Å²) in [7, 11) is 0. The van der Waals surface area contributed by atoms with Gasteiger partial charge in [0.1, 0.15) is 5.58 Å². The highest BCUT2D eigenvalue weighted by molar-refractivity contribution is 8.93. The van der Waals surface area contributed by atoms with Gasteiger partial charge in [0.15, 0.2) is 0 Å². The second-order valence-corrected chi connectivity index (χ2v) is 3.75. The van der Waals surface area contributed by atoms with Gasteiger partial charge in [0.2, 0.25) is 0 Å². The first-order chi connectivity index (χ1) is 8.66. The SMILES string of the molecule is Br.O=c1oc2cc([N+](=O)[O-])ccc2c2ccncc12. The van der Waals surface area contributed by atoms with Crippen LogP contribution in [0.1, 0.15) is 0 Å². The summed E-state index contributed by atoms with van der Waals surface area (Å²) in [4.78, 5) is 25.7. The van der Waals surface area contributed by atoms with Crippen LogP contribution in [-0.4, -0.2) is 9.91 Å². The molecule has 96 valence electrons. The number of rotatable bonds is 1. The molecule has 19 heavy (non-hydrogen) atoms. The molecule has 0 saturated heterocycles. The Kier molecular flexibility index (Phi) is 3.30. The molecule has 0 atom stereocenters. The van der Waals surface area contributed by atoms with E-state index in [0.29, 0.717) is 16.2 Å². The smallest absolute Gasteiger partial charge is 0.345 e. The standard InChI is InChI=1S/C12H6N2O4.BrH/c15-12-10-6-13-4-3-8(10)9-2-1-7(14(16)17)5-11(9)18-12;/h1-6H;1H. The maximum absolute atomic E-state index is 11.7. The van der Waals surface area contributed by atoms with Gasteiger partial charge >= 0.3 is 5.63 Å². The average molecular weight is 323 g/mol. The van der Waals surface area contributed by atoms with Crippen molar-refractivity contribution in [1.82, 2.24) is 4.98 Å². The molecule has 0 saturated carbocycles. The fourth-order valence-corrected chi connectivity index (χ4v) is 1.88. The zero-order valence-corrected chi connectivity index (χ0v) is 11.1. The minimum absolute atomic E-state index is 0. The predicted octanol–water partition coefficient (Wildman–Crippen LogP) is 2.83. The third kappa shape index (κ3) is 2.08. The van der Waals surface area contributed by atoms with E-state index in [4.69, 9.17) is 4.42 Å². The fourth-order valence-electron chi connectivity index (χ4n) is 1.88. The number of fused-ring (bicyclic) bond motifs is 3. The lowest BCUT2D eigenvalue weighted by Crippen LogP contribution is -2.00. The molecule has 3 rings (SSSR count). The summed E-state index contributed by atoms with van der Waals surface area (Å²) in [6.07, 6.45) is 2.98. The number of pyridine rings is 1. The van der Waals surface area contributed by atoms with Crippen molar-refractivity contribution < 1.29 is 9.34 Å². The first-order valence-corrected chi connectivity index (χ1v) is 5.12. The van der Waals surface area contributed by atoms with E-state index in [0.717, 1.165) is 0 Å². The van der Waals surface area contributed by atoms with Crippen LogP contribution in [0.3, 0.4) is 0 Å². The highest BCUT2D eigenvalue weighted by Crippen LogP contribution is 2.25. The third-order valence-corrected chi connectivity index (χ3v) is 2.71. The van der Waals surface area contributed by atoms with E-state index in [-0.39, 0.29) is 28.3 Å². The lowest BCUT2D eigenvalue weighted by Gasteiger charge is -2.01. The topological polar surface area (TPSA) is 86.2 Å². The molecule has 3 aromatic rings. The molecule has 1 aromatic carbocycles. The number of nitro groups is 1. The van der Waals surface area contributed by atoms with E-state index < -0.39 is 10.5 Å². The van der Waals surface area contributed by atoms with Gasteiger partial charge < -0.3 is 4.42 Å². The minimum atomic E-state index is -0.550. The highest BCUT2D eigenvalue weighted by atomic mass is 79.9. The number of hydrogen-bond donors (Lipinski definition) is 0. The summed E-state index contributed by atoms with van der Waals surface area (Å²) in [5, 5.41) is 12.4. The van der Waals surface area contributed by atoms with Crippen LogP contribution in [0.25, 0.3) is 21.7 Å². The van der Waals surface area contributed by atoms with Gasteiger partial charge in [0.05, 0.1) is 16.4 Å². The number of aromatic nitrogens is 1. The summed E-state index contributed by atoms with van der Waals surface area (Å²) in [5.74, 6) is 0. The summed E-state index contributed by atoms with van der Waals surface area (Å²) in [6.45, 7) is 0. The van der Waals surface area contributed by atoms with E-state index in [1.807, 2.05) is 0 Å². The maximum atomic E-state index is 11.7. The molecule has 0 amide bonds. The van der Waals surface area contributed by atoms with Crippen molar-refractivity contribution in [3.63, 3.8) is 0 Å². The van der Waals surface area contributed by atoms with Gasteiger partial charge in [-0.3, -0.25) is 15.1 Å². The molecule has 0 aliphatic heterocycles. The van der Waals surface area contributed by atoms with Crippen molar-refractivity contribution >= 4 is 44.4 Å². The van der Waals surface area contributed by atoms with Gasteiger partial charge in [-0.1, -0.05) is 0 Å². The minimum Gasteiger partial charge on any atom is -0.422 e. The Labute approximate surface area is 116 Å². The summed E-state index contributed by atoms with van der Waals surface area (Å²) in [5.41, 5.74) is -0.460. The molecule has 0 N–H and O–H groups in total. The van der Waals surface area contributed by atoms with Gasteiger partial charge in [-0.25, -0.2) is 4.79 Å². The quantitative estimate of drug-likeness (QED) is 0.297. The van der Waals surface area contributed by atoms with Crippen LogP contribution in [0.2, 0.25) is 0 Å². The Morgan fingerprint density at radius 1 is 1.16 bits per heavy atom. The van der Waals surface area contributed by atoms with Crippen molar-refractivity contribution in [2.75, 3.05) is 0 Å². The van der Waals surface area contributed by atoms with E-state index in [1.165, 1.54) is 18.3 Å². The summed E-state index contributed by atoms with van der Waals surface area (Å²) < 4.78 is 5.07. The van der Waals surface area contributed by atoms with Crippen LogP contribution >= 0.6 is 17.0 Å². The number of halogens is 1. The molecule has 0 aliphatic carbocycles. The normalized spacial score (nSPS) is 10.3. The molecular formula is C12H7BrN2O4. The van der Waals surface area contributed by atoms with Crippen LogP contribution < -0.4 is 5.63 Å². The zero-order valence-electron chi connectivity index (χ0n) is 9.40. The van der Waals surface area contributed by atoms with Gasteiger partial charge in [0.25, 0.3) is 5.69 Å². The third-order valence-electron chi connectivity index (χ3n) is 2.71. The molecule has 0 unspecified atom stereocenters. The molecule has 6 nitrogen and oxygen atoms in total. The predicted molar refractivity (Wildman–Crippen MR) is 74.8 cm³/mol. The number of benzene rings is 1. The monoisotopic (exact) mass is 322 g/mol. The lowest BCUT2D eigenvalue weighted by molar-refractivity contribution is -0.384. The molecule has 0 aliphatic rings. The molecule has 0 spiro atoms. The molecule has 0 radical (unpaired) electrons. The van der Waals surface area contributed by atoms with E-state index >= 15 is 0 Å². The molecule has 2 aromatic heterocycles. The molecule has 2 heterocycles. The highest BCUT2D eigenvalue weighted by Gasteiger charge is 2.11.